The van der Waals surface area contributed by atoms with Gasteiger partial charge in [0, 0.05) is 17.1 Å². The first-order valence-electron chi connectivity index (χ1n) is 7.20. The molecule has 0 bridgehead atoms. The lowest BCUT2D eigenvalue weighted by atomic mass is 10.1. The van der Waals surface area contributed by atoms with Crippen LogP contribution in [-0.2, 0) is 4.79 Å². The fraction of sp³-hybridized carbons (Fsp3) is 0.500. The third kappa shape index (κ3) is 4.29. The predicted molar refractivity (Wildman–Crippen MR) is 84.5 cm³/mol. The van der Waals surface area contributed by atoms with E-state index >= 15 is 0 Å². The molecule has 1 aromatic heterocycles. The van der Waals surface area contributed by atoms with Crippen molar-refractivity contribution in [3.63, 3.8) is 0 Å². The monoisotopic (exact) mass is 289 g/mol. The zero-order valence-corrected chi connectivity index (χ0v) is 13.3. The van der Waals surface area contributed by atoms with Gasteiger partial charge in [-0.2, -0.15) is 0 Å². The molecule has 0 aliphatic heterocycles. The second kappa shape index (κ2) is 5.85. The van der Waals surface area contributed by atoms with Crippen molar-refractivity contribution < 1.29 is 9.21 Å². The minimum Gasteiger partial charge on any atom is -0.440 e. The molecule has 0 fully saturated rings. The Morgan fingerprint density at radius 3 is 2.67 bits per heavy atom. The third-order valence-corrected chi connectivity index (χ3v) is 2.96. The van der Waals surface area contributed by atoms with Crippen molar-refractivity contribution in [3.05, 3.63) is 24.1 Å². The normalized spacial score (nSPS) is 12.1. The van der Waals surface area contributed by atoms with Crippen LogP contribution in [0.15, 0.2) is 22.6 Å². The van der Waals surface area contributed by atoms with E-state index in [1.165, 1.54) is 0 Å². The fourth-order valence-electron chi connectivity index (χ4n) is 1.82. The molecule has 0 saturated carbocycles. The van der Waals surface area contributed by atoms with Crippen LogP contribution < -0.4 is 10.6 Å². The van der Waals surface area contributed by atoms with Gasteiger partial charge in [0.1, 0.15) is 5.52 Å². The van der Waals surface area contributed by atoms with Crippen LogP contribution in [0.3, 0.4) is 0 Å². The standard InChI is InChI=1S/C16H23N3O2/c1-10(2)15-19-12-8-11(6-7-13(12)21-15)18-14(20)9-17-16(3,4)5/h6-8,10,17H,9H2,1-5H3,(H,18,20). The zero-order chi connectivity index (χ0) is 15.6. The first kappa shape index (κ1) is 15.5. The van der Waals surface area contributed by atoms with E-state index in [1.807, 2.05) is 52.8 Å². The summed E-state index contributed by atoms with van der Waals surface area (Å²) in [5.41, 5.74) is 2.15. The van der Waals surface area contributed by atoms with E-state index < -0.39 is 0 Å². The number of aromatic nitrogens is 1. The molecule has 0 atom stereocenters. The lowest BCUT2D eigenvalue weighted by Crippen LogP contribution is -2.41. The number of nitrogens with zero attached hydrogens (tertiary/aromatic N) is 1. The highest BCUT2D eigenvalue weighted by Crippen LogP contribution is 2.23. The topological polar surface area (TPSA) is 67.2 Å². The molecule has 2 N–H and O–H groups in total. The van der Waals surface area contributed by atoms with E-state index in [-0.39, 0.29) is 23.9 Å². The highest BCUT2D eigenvalue weighted by atomic mass is 16.3. The molecular formula is C16H23N3O2. The predicted octanol–water partition coefficient (Wildman–Crippen LogP) is 3.28. The molecule has 2 rings (SSSR count). The van der Waals surface area contributed by atoms with Gasteiger partial charge in [-0.05, 0) is 39.0 Å². The van der Waals surface area contributed by atoms with Gasteiger partial charge in [-0.1, -0.05) is 13.8 Å². The Kier molecular flexibility index (Phi) is 4.32. The molecule has 0 saturated heterocycles. The summed E-state index contributed by atoms with van der Waals surface area (Å²) in [6.45, 7) is 10.4. The van der Waals surface area contributed by atoms with Gasteiger partial charge in [0.05, 0.1) is 6.54 Å². The maximum Gasteiger partial charge on any atom is 0.238 e. The van der Waals surface area contributed by atoms with Crippen LogP contribution in [0, 0.1) is 0 Å². The first-order valence-corrected chi connectivity index (χ1v) is 7.20. The van der Waals surface area contributed by atoms with Gasteiger partial charge in [0.25, 0.3) is 0 Å². The molecule has 0 aliphatic rings. The number of carbonyl (C=O) groups excluding carboxylic acids is 1. The number of fused-ring (bicyclic) bond motifs is 1. The number of rotatable bonds is 4. The molecule has 21 heavy (non-hydrogen) atoms. The molecule has 114 valence electrons. The molecule has 0 unspecified atom stereocenters. The summed E-state index contributed by atoms with van der Waals surface area (Å²) in [5.74, 6) is 0.881. The summed E-state index contributed by atoms with van der Waals surface area (Å²) >= 11 is 0. The number of benzene rings is 1. The van der Waals surface area contributed by atoms with Gasteiger partial charge in [-0.3, -0.25) is 4.79 Å². The minimum absolute atomic E-state index is 0.0724. The molecule has 5 heteroatoms. The summed E-state index contributed by atoms with van der Waals surface area (Å²) in [6.07, 6.45) is 0. The number of anilines is 1. The lowest BCUT2D eigenvalue weighted by Gasteiger charge is -2.19. The Labute approximate surface area is 125 Å². The summed E-state index contributed by atoms with van der Waals surface area (Å²) in [4.78, 5) is 16.3. The highest BCUT2D eigenvalue weighted by Gasteiger charge is 2.13. The van der Waals surface area contributed by atoms with Gasteiger partial charge in [0.2, 0.25) is 5.91 Å². The second-order valence-electron chi connectivity index (χ2n) is 6.54. The molecule has 5 nitrogen and oxygen atoms in total. The fourth-order valence-corrected chi connectivity index (χ4v) is 1.82. The van der Waals surface area contributed by atoms with E-state index in [0.717, 1.165) is 16.8 Å². The first-order chi connectivity index (χ1) is 9.74. The third-order valence-electron chi connectivity index (χ3n) is 2.96. The Morgan fingerprint density at radius 2 is 2.05 bits per heavy atom. The average molecular weight is 289 g/mol. The number of nitrogens with one attached hydrogen (secondary N) is 2. The summed E-state index contributed by atoms with van der Waals surface area (Å²) in [6, 6.07) is 5.49. The quantitative estimate of drug-likeness (QED) is 0.906. The Bertz CT molecular complexity index is 638. The van der Waals surface area contributed by atoms with Crippen LogP contribution >= 0.6 is 0 Å². The van der Waals surface area contributed by atoms with Crippen LogP contribution in [0.5, 0.6) is 0 Å². The van der Waals surface area contributed by atoms with Crippen LogP contribution in [0.1, 0.15) is 46.4 Å². The number of hydrogen-bond donors (Lipinski definition) is 2. The SMILES string of the molecule is CC(C)c1nc2cc(NC(=O)CNC(C)(C)C)ccc2o1. The van der Waals surface area contributed by atoms with Crippen molar-refractivity contribution in [1.82, 2.24) is 10.3 Å². The second-order valence-corrected chi connectivity index (χ2v) is 6.54. The van der Waals surface area contributed by atoms with Crippen molar-refractivity contribution in [2.75, 3.05) is 11.9 Å². The van der Waals surface area contributed by atoms with E-state index in [1.54, 1.807) is 0 Å². The van der Waals surface area contributed by atoms with E-state index in [4.69, 9.17) is 4.42 Å². The maximum absolute atomic E-state index is 11.9. The zero-order valence-electron chi connectivity index (χ0n) is 13.3. The van der Waals surface area contributed by atoms with Crippen LogP contribution in [0.4, 0.5) is 5.69 Å². The summed E-state index contributed by atoms with van der Waals surface area (Å²) in [5, 5.41) is 6.01. The largest absolute Gasteiger partial charge is 0.440 e. The lowest BCUT2D eigenvalue weighted by molar-refractivity contribution is -0.115. The summed E-state index contributed by atoms with van der Waals surface area (Å²) < 4.78 is 5.65. The Morgan fingerprint density at radius 1 is 1.33 bits per heavy atom. The van der Waals surface area contributed by atoms with Gasteiger partial charge >= 0.3 is 0 Å². The smallest absolute Gasteiger partial charge is 0.238 e. The van der Waals surface area contributed by atoms with Crippen molar-refractivity contribution in [2.45, 2.75) is 46.1 Å². The van der Waals surface area contributed by atoms with Crippen LogP contribution in [0.25, 0.3) is 11.1 Å². The van der Waals surface area contributed by atoms with E-state index in [9.17, 15) is 4.79 Å². The van der Waals surface area contributed by atoms with Crippen molar-refractivity contribution in [3.8, 4) is 0 Å². The van der Waals surface area contributed by atoms with E-state index in [2.05, 4.69) is 15.6 Å². The molecule has 0 spiro atoms. The molecule has 1 heterocycles. The van der Waals surface area contributed by atoms with Gasteiger partial charge in [-0.15, -0.1) is 0 Å². The number of carbonyl (C=O) groups is 1. The van der Waals surface area contributed by atoms with Crippen LogP contribution in [-0.4, -0.2) is 23.0 Å². The average Bonchev–Trinajstić information content (AvgIpc) is 2.79. The molecular weight excluding hydrogens is 266 g/mol. The molecule has 1 amide bonds. The number of hydrogen-bond acceptors (Lipinski definition) is 4. The minimum atomic E-state index is -0.0838. The van der Waals surface area contributed by atoms with Gasteiger partial charge in [-0.25, -0.2) is 4.98 Å². The van der Waals surface area contributed by atoms with Crippen LogP contribution in [0.2, 0.25) is 0 Å². The molecule has 0 radical (unpaired) electrons. The van der Waals surface area contributed by atoms with E-state index in [0.29, 0.717) is 5.89 Å². The van der Waals surface area contributed by atoms with Crippen molar-refractivity contribution in [2.24, 2.45) is 0 Å². The Hall–Kier alpha value is -1.88. The Balaban J connectivity index is 2.07. The molecule has 2 aromatic rings. The molecule has 1 aromatic carbocycles. The summed E-state index contributed by atoms with van der Waals surface area (Å²) in [7, 11) is 0. The van der Waals surface area contributed by atoms with Gasteiger partial charge < -0.3 is 15.1 Å². The van der Waals surface area contributed by atoms with Crippen molar-refractivity contribution >= 4 is 22.7 Å². The van der Waals surface area contributed by atoms with Gasteiger partial charge in [0.15, 0.2) is 11.5 Å². The molecule has 0 aliphatic carbocycles. The highest BCUT2D eigenvalue weighted by molar-refractivity contribution is 5.94. The number of oxazole rings is 1. The van der Waals surface area contributed by atoms with Crippen molar-refractivity contribution in [1.29, 1.82) is 0 Å². The number of amides is 1. The maximum atomic E-state index is 11.9.